The van der Waals surface area contributed by atoms with Crippen LogP contribution in [0.25, 0.3) is 27.9 Å². The van der Waals surface area contributed by atoms with Crippen molar-refractivity contribution in [1.82, 2.24) is 4.98 Å². The van der Waals surface area contributed by atoms with E-state index in [2.05, 4.69) is 83.1 Å². The second-order valence-corrected chi connectivity index (χ2v) is 9.71. The second kappa shape index (κ2) is 8.54. The Morgan fingerprint density at radius 3 is 2.44 bits per heavy atom. The maximum atomic E-state index is 13.9. The van der Waals surface area contributed by atoms with Crippen LogP contribution in [-0.4, -0.2) is 4.98 Å². The maximum Gasteiger partial charge on any atom is 0.123 e. The number of H-pyrrole nitrogens is 1. The summed E-state index contributed by atoms with van der Waals surface area (Å²) in [6.07, 6.45) is 2.28. The predicted octanol–water partition coefficient (Wildman–Crippen LogP) is 8.58. The molecule has 1 aliphatic heterocycles. The van der Waals surface area contributed by atoms with Crippen molar-refractivity contribution in [1.29, 1.82) is 0 Å². The summed E-state index contributed by atoms with van der Waals surface area (Å²) >= 11 is 1.83. The topological polar surface area (TPSA) is 27.8 Å². The van der Waals surface area contributed by atoms with Crippen molar-refractivity contribution in [3.05, 3.63) is 126 Å². The molecule has 166 valence electrons. The summed E-state index contributed by atoms with van der Waals surface area (Å²) < 4.78 is 13.9. The predicted molar refractivity (Wildman–Crippen MR) is 142 cm³/mol. The summed E-state index contributed by atoms with van der Waals surface area (Å²) in [6.45, 7) is 1.96. The van der Waals surface area contributed by atoms with Crippen LogP contribution >= 0.6 is 11.8 Å². The maximum absolute atomic E-state index is 13.9. The summed E-state index contributed by atoms with van der Waals surface area (Å²) in [5.41, 5.74) is 8.62. The third kappa shape index (κ3) is 3.70. The van der Waals surface area contributed by atoms with E-state index in [1.807, 2.05) is 36.9 Å². The number of para-hydroxylation sites is 2. The minimum atomic E-state index is -0.218. The number of benzene rings is 4. The number of aromatic amines is 1. The monoisotopic (exact) mass is 462 g/mol. The lowest BCUT2D eigenvalue weighted by Gasteiger charge is -2.15. The fraction of sp³-hybridized carbons (Fsp3) is 0.0667. The van der Waals surface area contributed by atoms with E-state index in [1.54, 1.807) is 6.07 Å². The highest BCUT2D eigenvalue weighted by Gasteiger charge is 2.26. The minimum absolute atomic E-state index is 0.0435. The van der Waals surface area contributed by atoms with Gasteiger partial charge in [0.1, 0.15) is 5.82 Å². The second-order valence-electron chi connectivity index (χ2n) is 8.52. The number of hydrogen-bond acceptors (Lipinski definition) is 2. The van der Waals surface area contributed by atoms with Gasteiger partial charge in [-0.1, -0.05) is 60.7 Å². The van der Waals surface area contributed by atoms with Crippen LogP contribution in [0.2, 0.25) is 0 Å². The highest BCUT2D eigenvalue weighted by Crippen LogP contribution is 2.49. The van der Waals surface area contributed by atoms with Gasteiger partial charge in [0.25, 0.3) is 0 Å². The van der Waals surface area contributed by atoms with Gasteiger partial charge in [-0.15, -0.1) is 11.8 Å². The van der Waals surface area contributed by atoms with E-state index in [9.17, 15) is 4.39 Å². The van der Waals surface area contributed by atoms with Crippen LogP contribution in [0.4, 0.5) is 10.1 Å². The molecule has 0 spiro atoms. The quantitative estimate of drug-likeness (QED) is 0.281. The van der Waals surface area contributed by atoms with Crippen molar-refractivity contribution in [2.24, 2.45) is 0 Å². The van der Waals surface area contributed by atoms with E-state index >= 15 is 0 Å². The Labute approximate surface area is 202 Å². The summed E-state index contributed by atoms with van der Waals surface area (Å²) in [6, 6.07) is 32.3. The molecule has 4 aromatic carbocycles. The van der Waals surface area contributed by atoms with Crippen molar-refractivity contribution in [3.8, 4) is 11.3 Å². The zero-order chi connectivity index (χ0) is 23.1. The van der Waals surface area contributed by atoms with Gasteiger partial charge in [0.05, 0.1) is 16.6 Å². The van der Waals surface area contributed by atoms with Gasteiger partial charge in [-0.25, -0.2) is 4.39 Å². The van der Waals surface area contributed by atoms with Gasteiger partial charge in [-0.3, -0.25) is 0 Å². The zero-order valence-electron chi connectivity index (χ0n) is 18.7. The number of thioether (sulfide) groups is 1. The van der Waals surface area contributed by atoms with E-state index in [0.717, 1.165) is 39.3 Å². The highest BCUT2D eigenvalue weighted by molar-refractivity contribution is 8.00. The molecule has 1 unspecified atom stereocenters. The molecule has 2 nitrogen and oxygen atoms in total. The highest BCUT2D eigenvalue weighted by atomic mass is 32.2. The first kappa shape index (κ1) is 20.8. The Kier molecular flexibility index (Phi) is 5.23. The smallest absolute Gasteiger partial charge is 0.123 e. The molecular weight excluding hydrogens is 439 g/mol. The first-order valence-electron chi connectivity index (χ1n) is 11.3. The Morgan fingerprint density at radius 2 is 1.59 bits per heavy atom. The van der Waals surface area contributed by atoms with Crippen molar-refractivity contribution in [2.45, 2.75) is 17.1 Å². The summed E-state index contributed by atoms with van der Waals surface area (Å²) in [5, 5.41) is 4.90. The number of fused-ring (bicyclic) bond motifs is 2. The number of aromatic nitrogens is 1. The molecule has 5 aromatic rings. The molecule has 0 saturated carbocycles. The lowest BCUT2D eigenvalue weighted by atomic mass is 9.99. The molecule has 0 amide bonds. The van der Waals surface area contributed by atoms with Gasteiger partial charge in [-0.05, 0) is 60.5 Å². The van der Waals surface area contributed by atoms with Crippen molar-refractivity contribution >= 4 is 34.0 Å². The third-order valence-corrected chi connectivity index (χ3v) is 7.54. The molecule has 2 N–H and O–H groups in total. The Bertz CT molecular complexity index is 1530. The molecule has 34 heavy (non-hydrogen) atoms. The number of halogens is 1. The van der Waals surface area contributed by atoms with Crippen LogP contribution in [0.15, 0.2) is 108 Å². The average Bonchev–Trinajstić information content (AvgIpc) is 3.14. The lowest BCUT2D eigenvalue weighted by molar-refractivity contribution is 0.626. The molecule has 0 radical (unpaired) electrons. The van der Waals surface area contributed by atoms with Gasteiger partial charge in [0, 0.05) is 32.6 Å². The minimum Gasteiger partial charge on any atom is -0.354 e. The molecule has 0 aliphatic carbocycles. The van der Waals surface area contributed by atoms with Crippen LogP contribution in [0.1, 0.15) is 21.9 Å². The van der Waals surface area contributed by atoms with Crippen molar-refractivity contribution in [3.63, 3.8) is 0 Å². The molecule has 4 heteroatoms. The van der Waals surface area contributed by atoms with Gasteiger partial charge in [-0.2, -0.15) is 0 Å². The largest absolute Gasteiger partial charge is 0.354 e. The molecule has 0 fully saturated rings. The van der Waals surface area contributed by atoms with Crippen molar-refractivity contribution < 1.29 is 4.39 Å². The van der Waals surface area contributed by atoms with Gasteiger partial charge >= 0.3 is 0 Å². The lowest BCUT2D eigenvalue weighted by Crippen LogP contribution is -2.02. The molecule has 1 atom stereocenters. The molecule has 0 saturated heterocycles. The van der Waals surface area contributed by atoms with E-state index in [4.69, 9.17) is 0 Å². The Balaban J connectivity index is 1.60. The standard InChI is InChI=1S/C30H23FN2S/c1-19-17-21(31)15-16-22(19)26-18-28(34-27-14-8-7-13-25(27)32-26)29-23-11-5-6-12-24(23)33-30(29)20-9-3-2-4-10-20/h2-18,28,32-33H,1H3. The van der Waals surface area contributed by atoms with Crippen LogP contribution in [0, 0.1) is 12.7 Å². The molecule has 6 rings (SSSR count). The van der Waals surface area contributed by atoms with E-state index in [-0.39, 0.29) is 11.1 Å². The van der Waals surface area contributed by atoms with Gasteiger partial charge in [0.15, 0.2) is 0 Å². The number of anilines is 1. The number of aryl methyl sites for hydroxylation is 1. The third-order valence-electron chi connectivity index (χ3n) is 6.30. The fourth-order valence-corrected chi connectivity index (χ4v) is 5.95. The molecular formula is C30H23FN2S. The van der Waals surface area contributed by atoms with E-state index < -0.39 is 0 Å². The van der Waals surface area contributed by atoms with Crippen molar-refractivity contribution in [2.75, 3.05) is 5.32 Å². The van der Waals surface area contributed by atoms with Crippen LogP contribution in [0.3, 0.4) is 0 Å². The Morgan fingerprint density at radius 1 is 0.824 bits per heavy atom. The molecule has 2 heterocycles. The number of hydrogen-bond donors (Lipinski definition) is 2. The average molecular weight is 463 g/mol. The van der Waals surface area contributed by atoms with E-state index in [0.29, 0.717) is 0 Å². The molecule has 1 aromatic heterocycles. The van der Waals surface area contributed by atoms with Crippen LogP contribution < -0.4 is 5.32 Å². The molecule has 1 aliphatic rings. The number of nitrogens with one attached hydrogen (secondary N) is 2. The van der Waals surface area contributed by atoms with Gasteiger partial charge < -0.3 is 10.3 Å². The number of rotatable bonds is 3. The summed E-state index contributed by atoms with van der Waals surface area (Å²) in [7, 11) is 0. The Hall–Kier alpha value is -3.76. The molecule has 0 bridgehead atoms. The van der Waals surface area contributed by atoms with E-state index in [1.165, 1.54) is 21.9 Å². The zero-order valence-corrected chi connectivity index (χ0v) is 19.5. The first-order chi connectivity index (χ1) is 16.7. The van der Waals surface area contributed by atoms with Crippen LogP contribution in [0.5, 0.6) is 0 Å². The summed E-state index contributed by atoms with van der Waals surface area (Å²) in [5.74, 6) is -0.218. The van der Waals surface area contributed by atoms with Gasteiger partial charge in [0.2, 0.25) is 0 Å². The first-order valence-corrected chi connectivity index (χ1v) is 12.2. The normalized spacial score (nSPS) is 15.4. The SMILES string of the molecule is Cc1cc(F)ccc1C1=CC(c2c(-c3ccccc3)[nH]c3ccccc23)Sc2ccccc2N1. The fourth-order valence-electron chi connectivity index (χ4n) is 4.70. The summed E-state index contributed by atoms with van der Waals surface area (Å²) in [4.78, 5) is 4.87. The van der Waals surface area contributed by atoms with Crippen LogP contribution in [-0.2, 0) is 0 Å².